The molecule has 0 radical (unpaired) electrons. The number of nitrogens with zero attached hydrogens (tertiary/aromatic N) is 3. The summed E-state index contributed by atoms with van der Waals surface area (Å²) in [6.45, 7) is 4.43. The van der Waals surface area contributed by atoms with Gasteiger partial charge in [0, 0.05) is 12.3 Å². The molecule has 0 unspecified atom stereocenters. The Morgan fingerprint density at radius 2 is 2.14 bits per heavy atom. The van der Waals surface area contributed by atoms with Crippen LogP contribution in [-0.4, -0.2) is 50.1 Å². The van der Waals surface area contributed by atoms with E-state index in [0.29, 0.717) is 17.2 Å². The molecular formula is C19H21N5O3S. The second-order valence-electron chi connectivity index (χ2n) is 6.98. The molecule has 0 bridgehead atoms. The highest BCUT2D eigenvalue weighted by atomic mass is 32.2. The van der Waals surface area contributed by atoms with Crippen molar-refractivity contribution in [3.8, 4) is 0 Å². The highest BCUT2D eigenvalue weighted by molar-refractivity contribution is 8.00. The number of hydrogen-bond acceptors (Lipinski definition) is 5. The predicted molar refractivity (Wildman–Crippen MR) is 109 cm³/mol. The van der Waals surface area contributed by atoms with Crippen molar-refractivity contribution in [3.63, 3.8) is 0 Å². The molecule has 3 aromatic rings. The number of rotatable bonds is 4. The van der Waals surface area contributed by atoms with Crippen LogP contribution in [0.5, 0.6) is 0 Å². The molecule has 2 N–H and O–H groups in total. The first-order valence-electron chi connectivity index (χ1n) is 9.08. The van der Waals surface area contributed by atoms with Crippen LogP contribution in [0.1, 0.15) is 11.1 Å². The van der Waals surface area contributed by atoms with E-state index in [1.54, 1.807) is 4.40 Å². The van der Waals surface area contributed by atoms with Gasteiger partial charge in [-0.3, -0.25) is 9.59 Å². The molecular weight excluding hydrogens is 378 g/mol. The summed E-state index contributed by atoms with van der Waals surface area (Å²) in [5.41, 5.74) is 3.19. The zero-order valence-corrected chi connectivity index (χ0v) is 16.5. The summed E-state index contributed by atoms with van der Waals surface area (Å²) in [6, 6.07) is 7.48. The van der Waals surface area contributed by atoms with Gasteiger partial charge >= 0.3 is 5.69 Å². The van der Waals surface area contributed by atoms with Gasteiger partial charge in [0.05, 0.1) is 17.8 Å². The van der Waals surface area contributed by atoms with Crippen LogP contribution in [0.4, 0.5) is 0 Å². The summed E-state index contributed by atoms with van der Waals surface area (Å²) in [5.74, 6) is 0.559. The number of pyridine rings is 1. The van der Waals surface area contributed by atoms with Crippen molar-refractivity contribution in [1.82, 2.24) is 24.8 Å². The minimum Gasteiger partial charge on any atom is -0.352 e. The van der Waals surface area contributed by atoms with E-state index >= 15 is 0 Å². The molecule has 1 aromatic carbocycles. The Morgan fingerprint density at radius 1 is 1.32 bits per heavy atom. The van der Waals surface area contributed by atoms with Gasteiger partial charge in [0.1, 0.15) is 6.04 Å². The average Bonchev–Trinajstić information content (AvgIpc) is 3.00. The van der Waals surface area contributed by atoms with Crippen molar-refractivity contribution < 1.29 is 9.59 Å². The van der Waals surface area contributed by atoms with Crippen LogP contribution >= 0.6 is 11.8 Å². The van der Waals surface area contributed by atoms with Crippen LogP contribution in [0.25, 0.3) is 16.6 Å². The number of carbonyl (C=O) groups excluding carboxylic acids is 2. The lowest BCUT2D eigenvalue weighted by Gasteiger charge is -2.21. The SMILES string of the molecule is Cc1ccc2cc(C)c3nn(CCNC(=O)[C@@H]4CSCC(=O)N4)c(=O)n3c2c1. The molecule has 1 fully saturated rings. The van der Waals surface area contributed by atoms with Gasteiger partial charge in [-0.25, -0.2) is 13.9 Å². The topological polar surface area (TPSA) is 97.5 Å². The Kier molecular flexibility index (Phi) is 4.84. The van der Waals surface area contributed by atoms with Gasteiger partial charge in [-0.1, -0.05) is 12.1 Å². The Bertz CT molecular complexity index is 1150. The molecule has 0 aliphatic carbocycles. The summed E-state index contributed by atoms with van der Waals surface area (Å²) in [6.07, 6.45) is 0. The number of thioether (sulfide) groups is 1. The van der Waals surface area contributed by atoms with Crippen LogP contribution < -0.4 is 16.3 Å². The summed E-state index contributed by atoms with van der Waals surface area (Å²) in [4.78, 5) is 36.5. The van der Waals surface area contributed by atoms with Crippen LogP contribution in [0.2, 0.25) is 0 Å². The average molecular weight is 399 g/mol. The number of hydrogen-bond donors (Lipinski definition) is 2. The monoisotopic (exact) mass is 399 g/mol. The fourth-order valence-electron chi connectivity index (χ4n) is 3.39. The summed E-state index contributed by atoms with van der Waals surface area (Å²) < 4.78 is 3.00. The zero-order valence-electron chi connectivity index (χ0n) is 15.7. The molecule has 1 atom stereocenters. The normalized spacial score (nSPS) is 17.1. The smallest absolute Gasteiger partial charge is 0.350 e. The van der Waals surface area contributed by atoms with Gasteiger partial charge in [-0.05, 0) is 42.5 Å². The van der Waals surface area contributed by atoms with Gasteiger partial charge in [0.2, 0.25) is 11.8 Å². The van der Waals surface area contributed by atoms with E-state index in [0.717, 1.165) is 22.0 Å². The first-order valence-corrected chi connectivity index (χ1v) is 10.2. The molecule has 2 aromatic heterocycles. The Labute approximate surface area is 165 Å². The number of benzene rings is 1. The number of amides is 2. The first kappa shape index (κ1) is 18.5. The quantitative estimate of drug-likeness (QED) is 0.670. The van der Waals surface area contributed by atoms with E-state index in [1.807, 2.05) is 38.1 Å². The fraction of sp³-hybridized carbons (Fsp3) is 0.368. The second kappa shape index (κ2) is 7.31. The highest BCUT2D eigenvalue weighted by Crippen LogP contribution is 2.19. The summed E-state index contributed by atoms with van der Waals surface area (Å²) in [5, 5.41) is 10.9. The predicted octanol–water partition coefficient (Wildman–Crippen LogP) is 0.614. The lowest BCUT2D eigenvalue weighted by Crippen LogP contribution is -2.52. The van der Waals surface area contributed by atoms with Crippen molar-refractivity contribution in [2.24, 2.45) is 0 Å². The van der Waals surface area contributed by atoms with Crippen molar-refractivity contribution in [1.29, 1.82) is 0 Å². The molecule has 1 saturated heterocycles. The van der Waals surface area contributed by atoms with Gasteiger partial charge in [0.25, 0.3) is 0 Å². The van der Waals surface area contributed by atoms with E-state index in [2.05, 4.69) is 15.7 Å². The second-order valence-corrected chi connectivity index (χ2v) is 8.01. The minimum atomic E-state index is -0.529. The summed E-state index contributed by atoms with van der Waals surface area (Å²) in [7, 11) is 0. The molecule has 3 heterocycles. The van der Waals surface area contributed by atoms with Gasteiger partial charge < -0.3 is 10.6 Å². The van der Waals surface area contributed by atoms with Gasteiger partial charge in [-0.2, -0.15) is 0 Å². The van der Waals surface area contributed by atoms with E-state index in [4.69, 9.17) is 0 Å². The molecule has 0 spiro atoms. The largest absolute Gasteiger partial charge is 0.352 e. The maximum atomic E-state index is 12.9. The van der Waals surface area contributed by atoms with Crippen molar-refractivity contribution >= 4 is 40.1 Å². The first-order chi connectivity index (χ1) is 13.4. The minimum absolute atomic E-state index is 0.134. The highest BCUT2D eigenvalue weighted by Gasteiger charge is 2.24. The molecule has 1 aliphatic heterocycles. The van der Waals surface area contributed by atoms with Crippen molar-refractivity contribution in [3.05, 3.63) is 45.9 Å². The third kappa shape index (κ3) is 3.37. The molecule has 4 rings (SSSR count). The van der Waals surface area contributed by atoms with Crippen molar-refractivity contribution in [2.75, 3.05) is 18.1 Å². The lowest BCUT2D eigenvalue weighted by atomic mass is 10.1. The number of aromatic nitrogens is 3. The third-order valence-electron chi connectivity index (χ3n) is 4.78. The standard InChI is InChI=1S/C19H21N5O3S/c1-11-3-4-13-8-12(2)17-22-23(19(27)24(17)15(13)7-11)6-5-20-18(26)14-9-28-10-16(25)21-14/h3-4,7-8,14H,5-6,9-10H2,1-2H3,(H,20,26)(H,21,25)/t14-/m0/s1. The molecule has 28 heavy (non-hydrogen) atoms. The van der Waals surface area contributed by atoms with E-state index in [9.17, 15) is 14.4 Å². The number of fused-ring (bicyclic) bond motifs is 3. The number of aryl methyl sites for hydroxylation is 2. The van der Waals surface area contributed by atoms with Crippen LogP contribution in [0.15, 0.2) is 29.1 Å². The van der Waals surface area contributed by atoms with Crippen molar-refractivity contribution in [2.45, 2.75) is 26.4 Å². The fourth-order valence-corrected chi connectivity index (χ4v) is 4.25. The number of nitrogens with one attached hydrogen (secondary N) is 2. The Hall–Kier alpha value is -2.81. The maximum absolute atomic E-state index is 12.9. The van der Waals surface area contributed by atoms with E-state index in [1.165, 1.54) is 16.4 Å². The van der Waals surface area contributed by atoms with Gasteiger partial charge in [-0.15, -0.1) is 16.9 Å². The van der Waals surface area contributed by atoms with Crippen LogP contribution in [-0.2, 0) is 16.1 Å². The zero-order chi connectivity index (χ0) is 19.8. The molecule has 8 nitrogen and oxygen atoms in total. The Balaban J connectivity index is 1.55. The molecule has 1 aliphatic rings. The molecule has 146 valence electrons. The van der Waals surface area contributed by atoms with E-state index < -0.39 is 6.04 Å². The van der Waals surface area contributed by atoms with Gasteiger partial charge in [0.15, 0.2) is 5.65 Å². The van der Waals surface area contributed by atoms with E-state index in [-0.39, 0.29) is 30.6 Å². The molecule has 9 heteroatoms. The molecule has 0 saturated carbocycles. The summed E-state index contributed by atoms with van der Waals surface area (Å²) >= 11 is 1.43. The Morgan fingerprint density at radius 3 is 2.93 bits per heavy atom. The molecule has 2 amide bonds. The van der Waals surface area contributed by atoms with Crippen LogP contribution in [0.3, 0.4) is 0 Å². The lowest BCUT2D eigenvalue weighted by molar-refractivity contribution is -0.127. The maximum Gasteiger partial charge on any atom is 0.350 e. The van der Waals surface area contributed by atoms with Crippen LogP contribution in [0, 0.1) is 13.8 Å². The number of carbonyl (C=O) groups is 2. The third-order valence-corrected chi connectivity index (χ3v) is 5.82.